The molecule has 3 rings (SSSR count). The third kappa shape index (κ3) is 8.17. The Labute approximate surface area is 246 Å². The molecule has 0 aliphatic heterocycles. The lowest BCUT2D eigenvalue weighted by Gasteiger charge is -2.34. The van der Waals surface area contributed by atoms with Gasteiger partial charge in [-0.05, 0) is 83.0 Å². The standard InChI is InChI=1S/C31H38BrN3O4S/c1-7-28(30(37)33-31(4,5)6)34(20-24-10-8-9-23(3)19-24)29(36)21-35(26-15-13-25(32)14-16-26)40(38,39)27-17-11-22(2)12-18-27/h8-19,28H,7,20-21H2,1-6H3,(H,33,37)/t28-/m1/s1. The van der Waals surface area contributed by atoms with Gasteiger partial charge >= 0.3 is 0 Å². The molecule has 0 heterocycles. The Morgan fingerprint density at radius 3 is 2.10 bits per heavy atom. The van der Waals surface area contributed by atoms with Crippen LogP contribution in [0.2, 0.25) is 0 Å². The molecule has 3 aromatic carbocycles. The fourth-order valence-corrected chi connectivity index (χ4v) is 6.03. The van der Waals surface area contributed by atoms with E-state index in [0.717, 1.165) is 25.5 Å². The van der Waals surface area contributed by atoms with Crippen LogP contribution < -0.4 is 9.62 Å². The maximum Gasteiger partial charge on any atom is 0.264 e. The van der Waals surface area contributed by atoms with Crippen LogP contribution in [0.1, 0.15) is 50.8 Å². The first kappa shape index (κ1) is 31.4. The van der Waals surface area contributed by atoms with Crippen molar-refractivity contribution in [2.24, 2.45) is 0 Å². The van der Waals surface area contributed by atoms with Crippen molar-refractivity contribution in [2.45, 2.75) is 71.0 Å². The third-order valence-electron chi connectivity index (χ3n) is 6.32. The van der Waals surface area contributed by atoms with E-state index in [1.54, 1.807) is 36.4 Å². The Bertz CT molecular complexity index is 1430. The Hall–Kier alpha value is -3.17. The van der Waals surface area contributed by atoms with E-state index < -0.39 is 34.1 Å². The first-order valence-electron chi connectivity index (χ1n) is 13.2. The number of amides is 2. The molecule has 0 aliphatic rings. The monoisotopic (exact) mass is 627 g/mol. The van der Waals surface area contributed by atoms with Crippen LogP contribution in [-0.2, 0) is 26.2 Å². The summed E-state index contributed by atoms with van der Waals surface area (Å²) in [6.45, 7) is 11.0. The van der Waals surface area contributed by atoms with Gasteiger partial charge in [0.1, 0.15) is 12.6 Å². The van der Waals surface area contributed by atoms with E-state index in [1.165, 1.54) is 17.0 Å². The van der Waals surface area contributed by atoms with Crippen molar-refractivity contribution >= 4 is 43.5 Å². The largest absolute Gasteiger partial charge is 0.350 e. The van der Waals surface area contributed by atoms with E-state index in [1.807, 2.05) is 65.8 Å². The van der Waals surface area contributed by atoms with Gasteiger partial charge in [0.25, 0.3) is 10.0 Å². The first-order valence-corrected chi connectivity index (χ1v) is 15.5. The van der Waals surface area contributed by atoms with Crippen molar-refractivity contribution in [3.05, 3.63) is 94.0 Å². The van der Waals surface area contributed by atoms with Crippen molar-refractivity contribution in [1.29, 1.82) is 0 Å². The van der Waals surface area contributed by atoms with Crippen LogP contribution in [-0.4, -0.2) is 43.3 Å². The van der Waals surface area contributed by atoms with E-state index in [-0.39, 0.29) is 17.3 Å². The highest BCUT2D eigenvalue weighted by Gasteiger charge is 2.34. The minimum atomic E-state index is -4.10. The maximum atomic E-state index is 14.1. The van der Waals surface area contributed by atoms with Crippen LogP contribution in [0.4, 0.5) is 5.69 Å². The summed E-state index contributed by atoms with van der Waals surface area (Å²) in [6.07, 6.45) is 0.364. The average Bonchev–Trinajstić information content (AvgIpc) is 2.87. The number of hydrogen-bond donors (Lipinski definition) is 1. The number of rotatable bonds is 10. The number of anilines is 1. The fraction of sp³-hybridized carbons (Fsp3) is 0.355. The molecule has 0 aliphatic carbocycles. The van der Waals surface area contributed by atoms with Gasteiger partial charge in [0.2, 0.25) is 11.8 Å². The second-order valence-electron chi connectivity index (χ2n) is 11.0. The average molecular weight is 629 g/mol. The molecule has 0 radical (unpaired) electrons. The van der Waals surface area contributed by atoms with Crippen molar-refractivity contribution in [3.8, 4) is 0 Å². The number of nitrogens with zero attached hydrogens (tertiary/aromatic N) is 2. The summed E-state index contributed by atoms with van der Waals surface area (Å²) >= 11 is 3.40. The minimum Gasteiger partial charge on any atom is -0.350 e. The van der Waals surface area contributed by atoms with Gasteiger partial charge in [0.05, 0.1) is 10.6 Å². The maximum absolute atomic E-state index is 14.1. The van der Waals surface area contributed by atoms with Crippen LogP contribution in [0.3, 0.4) is 0 Å². The number of halogens is 1. The van der Waals surface area contributed by atoms with Gasteiger partial charge < -0.3 is 10.2 Å². The highest BCUT2D eigenvalue weighted by atomic mass is 79.9. The lowest BCUT2D eigenvalue weighted by molar-refractivity contribution is -0.141. The van der Waals surface area contributed by atoms with E-state index in [9.17, 15) is 18.0 Å². The van der Waals surface area contributed by atoms with E-state index in [0.29, 0.717) is 12.1 Å². The second kappa shape index (κ2) is 13.0. The van der Waals surface area contributed by atoms with Crippen LogP contribution in [0, 0.1) is 13.8 Å². The van der Waals surface area contributed by atoms with Crippen LogP contribution in [0.5, 0.6) is 0 Å². The Morgan fingerprint density at radius 1 is 0.925 bits per heavy atom. The highest BCUT2D eigenvalue weighted by Crippen LogP contribution is 2.26. The summed E-state index contributed by atoms with van der Waals surface area (Å²) in [4.78, 5) is 29.1. The number of sulfonamides is 1. The SMILES string of the molecule is CC[C@H](C(=O)NC(C)(C)C)N(Cc1cccc(C)c1)C(=O)CN(c1ccc(Br)cc1)S(=O)(=O)c1ccc(C)cc1. The Kier molecular flexibility index (Phi) is 10.2. The topological polar surface area (TPSA) is 86.8 Å². The molecule has 0 bridgehead atoms. The second-order valence-corrected chi connectivity index (χ2v) is 13.8. The molecule has 9 heteroatoms. The van der Waals surface area contributed by atoms with Crippen LogP contribution in [0.25, 0.3) is 0 Å². The number of hydrogen-bond acceptors (Lipinski definition) is 4. The molecule has 0 saturated carbocycles. The Balaban J connectivity index is 2.07. The molecule has 214 valence electrons. The number of benzene rings is 3. The molecule has 7 nitrogen and oxygen atoms in total. The van der Waals surface area contributed by atoms with Gasteiger partial charge in [0, 0.05) is 16.6 Å². The predicted octanol–water partition coefficient (Wildman–Crippen LogP) is 5.98. The van der Waals surface area contributed by atoms with Gasteiger partial charge in [0.15, 0.2) is 0 Å². The van der Waals surface area contributed by atoms with Gasteiger partial charge in [-0.2, -0.15) is 0 Å². The van der Waals surface area contributed by atoms with Gasteiger partial charge in [-0.15, -0.1) is 0 Å². The highest BCUT2D eigenvalue weighted by molar-refractivity contribution is 9.10. The smallest absolute Gasteiger partial charge is 0.264 e. The third-order valence-corrected chi connectivity index (χ3v) is 8.64. The van der Waals surface area contributed by atoms with Gasteiger partial charge in [-0.25, -0.2) is 8.42 Å². The summed E-state index contributed by atoms with van der Waals surface area (Å²) in [7, 11) is -4.10. The molecule has 40 heavy (non-hydrogen) atoms. The molecule has 1 N–H and O–H groups in total. The summed E-state index contributed by atoms with van der Waals surface area (Å²) in [5.41, 5.74) is 2.65. The number of nitrogens with one attached hydrogen (secondary N) is 1. The molecule has 1 atom stereocenters. The summed E-state index contributed by atoms with van der Waals surface area (Å²) in [5, 5.41) is 2.99. The van der Waals surface area contributed by atoms with Crippen LogP contribution >= 0.6 is 15.9 Å². The lowest BCUT2D eigenvalue weighted by atomic mass is 10.0. The van der Waals surface area contributed by atoms with Crippen molar-refractivity contribution in [1.82, 2.24) is 10.2 Å². The molecule has 0 spiro atoms. The molecule has 0 saturated heterocycles. The zero-order chi connectivity index (χ0) is 29.7. The van der Waals surface area contributed by atoms with Crippen LogP contribution in [0.15, 0.2) is 82.2 Å². The van der Waals surface area contributed by atoms with Gasteiger partial charge in [-0.1, -0.05) is 70.4 Å². The molecular weight excluding hydrogens is 590 g/mol. The number of carbonyl (C=O) groups excluding carboxylic acids is 2. The first-order chi connectivity index (χ1) is 18.7. The van der Waals surface area contributed by atoms with Crippen molar-refractivity contribution in [3.63, 3.8) is 0 Å². The summed E-state index contributed by atoms with van der Waals surface area (Å²) < 4.78 is 29.7. The van der Waals surface area contributed by atoms with Crippen molar-refractivity contribution in [2.75, 3.05) is 10.8 Å². The molecule has 0 fully saturated rings. The molecular formula is C31H38BrN3O4S. The van der Waals surface area contributed by atoms with Crippen molar-refractivity contribution < 1.29 is 18.0 Å². The predicted molar refractivity (Wildman–Crippen MR) is 164 cm³/mol. The Morgan fingerprint density at radius 2 is 1.55 bits per heavy atom. The van der Waals surface area contributed by atoms with E-state index >= 15 is 0 Å². The zero-order valence-electron chi connectivity index (χ0n) is 23.9. The fourth-order valence-electron chi connectivity index (χ4n) is 4.35. The molecule has 0 aromatic heterocycles. The number of carbonyl (C=O) groups is 2. The molecule has 0 unspecified atom stereocenters. The van der Waals surface area contributed by atoms with Gasteiger partial charge in [-0.3, -0.25) is 13.9 Å². The minimum absolute atomic E-state index is 0.0802. The molecule has 2 amide bonds. The zero-order valence-corrected chi connectivity index (χ0v) is 26.3. The van der Waals surface area contributed by atoms with E-state index in [2.05, 4.69) is 21.2 Å². The quantitative estimate of drug-likeness (QED) is 0.299. The van der Waals surface area contributed by atoms with E-state index in [4.69, 9.17) is 0 Å². The lowest BCUT2D eigenvalue weighted by Crippen LogP contribution is -2.55. The molecule has 3 aromatic rings. The number of aryl methyl sites for hydroxylation is 2. The summed E-state index contributed by atoms with van der Waals surface area (Å²) in [6, 6.07) is 20.2. The summed E-state index contributed by atoms with van der Waals surface area (Å²) in [5.74, 6) is -0.761. The normalized spacial score (nSPS) is 12.5.